The highest BCUT2D eigenvalue weighted by Crippen LogP contribution is 2.41. The van der Waals surface area contributed by atoms with Crippen LogP contribution in [0.25, 0.3) is 11.1 Å². The molecule has 122 valence electrons. The third-order valence-electron chi connectivity index (χ3n) is 5.83. The Kier molecular flexibility index (Phi) is 5.54. The third kappa shape index (κ3) is 3.86. The molecular weight excluding hydrogens is 276 g/mol. The zero-order valence-electron chi connectivity index (χ0n) is 14.7. The zero-order valence-corrected chi connectivity index (χ0v) is 14.7. The normalized spacial score (nSPS) is 22.7. The average molecular weight is 306 g/mol. The van der Waals surface area contributed by atoms with Crippen LogP contribution in [0.2, 0.25) is 0 Å². The Morgan fingerprint density at radius 3 is 2.22 bits per heavy atom. The maximum absolute atomic E-state index is 2.45. The van der Waals surface area contributed by atoms with Gasteiger partial charge in [0.25, 0.3) is 0 Å². The lowest BCUT2D eigenvalue weighted by Crippen LogP contribution is -2.19. The van der Waals surface area contributed by atoms with Crippen molar-refractivity contribution in [3.8, 4) is 11.1 Å². The highest BCUT2D eigenvalue weighted by Gasteiger charge is 2.26. The Labute approximate surface area is 141 Å². The van der Waals surface area contributed by atoms with Gasteiger partial charge in [-0.1, -0.05) is 94.1 Å². The molecule has 1 aliphatic carbocycles. The van der Waals surface area contributed by atoms with Crippen LogP contribution in [0.1, 0.15) is 63.9 Å². The van der Waals surface area contributed by atoms with E-state index >= 15 is 0 Å². The van der Waals surface area contributed by atoms with Crippen LogP contribution >= 0.6 is 0 Å². The van der Waals surface area contributed by atoms with Crippen molar-refractivity contribution < 1.29 is 0 Å². The maximum atomic E-state index is 2.45. The van der Waals surface area contributed by atoms with Crippen molar-refractivity contribution in [1.29, 1.82) is 0 Å². The monoisotopic (exact) mass is 306 g/mol. The highest BCUT2D eigenvalue weighted by atomic mass is 14.3. The lowest BCUT2D eigenvalue weighted by Gasteiger charge is -2.33. The lowest BCUT2D eigenvalue weighted by atomic mass is 9.72. The van der Waals surface area contributed by atoms with E-state index in [0.29, 0.717) is 5.92 Å². The van der Waals surface area contributed by atoms with Crippen molar-refractivity contribution in [2.24, 2.45) is 11.8 Å². The molecule has 0 nitrogen and oxygen atoms in total. The molecule has 1 aliphatic rings. The number of hydrogen-bond acceptors (Lipinski definition) is 0. The van der Waals surface area contributed by atoms with E-state index in [9.17, 15) is 0 Å². The molecule has 0 heterocycles. The largest absolute Gasteiger partial charge is 0.0654 e. The Hall–Kier alpha value is -1.56. The van der Waals surface area contributed by atoms with E-state index in [4.69, 9.17) is 0 Å². The topological polar surface area (TPSA) is 0 Å². The quantitative estimate of drug-likeness (QED) is 0.554. The summed E-state index contributed by atoms with van der Waals surface area (Å²) in [7, 11) is 0. The van der Waals surface area contributed by atoms with Gasteiger partial charge in [-0.3, -0.25) is 0 Å². The predicted molar refractivity (Wildman–Crippen MR) is 101 cm³/mol. The molecule has 2 aromatic carbocycles. The lowest BCUT2D eigenvalue weighted by molar-refractivity contribution is 0.239. The number of rotatable bonds is 5. The predicted octanol–water partition coefficient (Wildman–Crippen LogP) is 7.06. The fourth-order valence-electron chi connectivity index (χ4n) is 4.41. The van der Waals surface area contributed by atoms with Crippen LogP contribution in [-0.2, 0) is 0 Å². The maximum Gasteiger partial charge on any atom is -0.0149 e. The van der Waals surface area contributed by atoms with Gasteiger partial charge in [0.2, 0.25) is 0 Å². The van der Waals surface area contributed by atoms with E-state index in [-0.39, 0.29) is 0 Å². The highest BCUT2D eigenvalue weighted by molar-refractivity contribution is 5.68. The molecule has 3 rings (SSSR count). The zero-order chi connectivity index (χ0) is 16.1. The Morgan fingerprint density at radius 2 is 1.52 bits per heavy atom. The van der Waals surface area contributed by atoms with Crippen molar-refractivity contribution in [2.45, 2.75) is 58.3 Å². The summed E-state index contributed by atoms with van der Waals surface area (Å²) in [5.74, 6) is 2.51. The summed E-state index contributed by atoms with van der Waals surface area (Å²) in [5.41, 5.74) is 4.32. The Bertz CT molecular complexity index is 590. The first-order valence-electron chi connectivity index (χ1n) is 9.44. The van der Waals surface area contributed by atoms with Gasteiger partial charge in [-0.05, 0) is 47.3 Å². The Morgan fingerprint density at radius 1 is 0.870 bits per heavy atom. The fourth-order valence-corrected chi connectivity index (χ4v) is 4.41. The van der Waals surface area contributed by atoms with Crippen LogP contribution in [-0.4, -0.2) is 0 Å². The van der Waals surface area contributed by atoms with Gasteiger partial charge in [0, 0.05) is 0 Å². The second kappa shape index (κ2) is 7.81. The van der Waals surface area contributed by atoms with Gasteiger partial charge in [0.15, 0.2) is 0 Å². The van der Waals surface area contributed by atoms with Gasteiger partial charge in [0.05, 0.1) is 0 Å². The summed E-state index contributed by atoms with van der Waals surface area (Å²) in [5, 5.41) is 0. The molecular formula is C23H30. The molecule has 0 amide bonds. The van der Waals surface area contributed by atoms with E-state index < -0.39 is 0 Å². The summed E-state index contributed by atoms with van der Waals surface area (Å²) in [6, 6.07) is 19.9. The minimum Gasteiger partial charge on any atom is -0.0654 e. The molecule has 0 bridgehead atoms. The number of hydrogen-bond donors (Lipinski definition) is 0. The van der Waals surface area contributed by atoms with Gasteiger partial charge >= 0.3 is 0 Å². The molecule has 1 fully saturated rings. The van der Waals surface area contributed by atoms with Crippen LogP contribution in [0.5, 0.6) is 0 Å². The molecule has 0 saturated heterocycles. The fraction of sp³-hybridized carbons (Fsp3) is 0.478. The van der Waals surface area contributed by atoms with Crippen molar-refractivity contribution in [3.05, 3.63) is 60.2 Å². The molecule has 2 aromatic rings. The van der Waals surface area contributed by atoms with Crippen LogP contribution in [0, 0.1) is 11.8 Å². The van der Waals surface area contributed by atoms with Gasteiger partial charge in [-0.2, -0.15) is 0 Å². The molecule has 1 saturated carbocycles. The number of benzene rings is 2. The first kappa shape index (κ1) is 16.3. The molecule has 0 spiro atoms. The summed E-state index contributed by atoms with van der Waals surface area (Å²) >= 11 is 0. The standard InChI is InChI=1S/C23H30/c1-3-9-19-14-16-20(17-15-19)18(2)22-12-7-8-13-23(22)21-10-5-4-6-11-21/h4-8,10-13,18-20H,3,9,14-17H2,1-2H3. The van der Waals surface area contributed by atoms with Crippen LogP contribution in [0.15, 0.2) is 54.6 Å². The first-order valence-corrected chi connectivity index (χ1v) is 9.44. The van der Waals surface area contributed by atoms with Crippen molar-refractivity contribution in [2.75, 3.05) is 0 Å². The molecule has 0 aliphatic heterocycles. The van der Waals surface area contributed by atoms with Gasteiger partial charge < -0.3 is 0 Å². The summed E-state index contributed by atoms with van der Waals surface area (Å²) in [6.45, 7) is 4.78. The second-order valence-electron chi connectivity index (χ2n) is 7.31. The SMILES string of the molecule is CCCC1CCC(C(C)c2ccccc2-c2ccccc2)CC1. The molecule has 1 atom stereocenters. The molecule has 0 radical (unpaired) electrons. The van der Waals surface area contributed by atoms with Crippen molar-refractivity contribution >= 4 is 0 Å². The average Bonchev–Trinajstić information content (AvgIpc) is 2.63. The van der Waals surface area contributed by atoms with Gasteiger partial charge in [0.1, 0.15) is 0 Å². The van der Waals surface area contributed by atoms with E-state index in [1.165, 1.54) is 55.2 Å². The van der Waals surface area contributed by atoms with Gasteiger partial charge in [-0.15, -0.1) is 0 Å². The van der Waals surface area contributed by atoms with E-state index in [2.05, 4.69) is 68.4 Å². The Balaban J connectivity index is 1.77. The third-order valence-corrected chi connectivity index (χ3v) is 5.83. The minimum atomic E-state index is 0.661. The molecule has 1 unspecified atom stereocenters. The van der Waals surface area contributed by atoms with Gasteiger partial charge in [-0.25, -0.2) is 0 Å². The second-order valence-corrected chi connectivity index (χ2v) is 7.31. The van der Waals surface area contributed by atoms with Crippen LogP contribution < -0.4 is 0 Å². The molecule has 0 heteroatoms. The minimum absolute atomic E-state index is 0.661. The van der Waals surface area contributed by atoms with E-state index in [1.807, 2.05) is 0 Å². The van der Waals surface area contributed by atoms with E-state index in [0.717, 1.165) is 11.8 Å². The molecule has 0 N–H and O–H groups in total. The van der Waals surface area contributed by atoms with Crippen LogP contribution in [0.4, 0.5) is 0 Å². The molecule has 23 heavy (non-hydrogen) atoms. The summed E-state index contributed by atoms with van der Waals surface area (Å²) < 4.78 is 0. The summed E-state index contributed by atoms with van der Waals surface area (Å²) in [6.07, 6.45) is 8.49. The smallest absolute Gasteiger partial charge is 0.0149 e. The van der Waals surface area contributed by atoms with E-state index in [1.54, 1.807) is 0 Å². The van der Waals surface area contributed by atoms with Crippen molar-refractivity contribution in [1.82, 2.24) is 0 Å². The van der Waals surface area contributed by atoms with Crippen LogP contribution in [0.3, 0.4) is 0 Å². The summed E-state index contributed by atoms with van der Waals surface area (Å²) in [4.78, 5) is 0. The van der Waals surface area contributed by atoms with Crippen molar-refractivity contribution in [3.63, 3.8) is 0 Å². The first-order chi connectivity index (χ1) is 11.3. The molecule has 0 aromatic heterocycles.